The maximum atomic E-state index is 6.25. The van der Waals surface area contributed by atoms with E-state index in [4.69, 9.17) is 11.8 Å². The quantitative estimate of drug-likeness (QED) is 0.292. The van der Waals surface area contributed by atoms with E-state index in [9.17, 15) is 0 Å². The van der Waals surface area contributed by atoms with Crippen molar-refractivity contribution in [3.63, 3.8) is 0 Å². The first-order valence-electron chi connectivity index (χ1n) is 0.224. The second-order valence-electron chi connectivity index (χ2n) is 0. The first-order valence-corrected chi connectivity index (χ1v) is 0.224. The molecule has 0 saturated heterocycles. The van der Waals surface area contributed by atoms with Crippen molar-refractivity contribution in [3.8, 4) is 0 Å². The molecule has 0 aliphatic rings. The van der Waals surface area contributed by atoms with Crippen molar-refractivity contribution in [2.45, 2.75) is 0 Å². The Morgan fingerprint density at radius 2 is 1.25 bits per heavy atom. The van der Waals surface area contributed by atoms with Crippen molar-refractivity contribution in [2.24, 2.45) is 0 Å². The molecule has 0 radical (unpaired) electrons. The Kier molecular flexibility index (Phi) is 86.3. The zero-order chi connectivity index (χ0) is 2.00. The molecule has 0 aromatic carbocycles. The number of hydrogen-bond acceptors (Lipinski definition) is 1. The standard InChI is InChI=1S/CN.K.Te/c1-2;;/q-1;+1;-2. The zero-order valence-corrected chi connectivity index (χ0v) is 7.81. The SMILES string of the molecule is [C-]#N.[K+].[Te-2]. The summed E-state index contributed by atoms with van der Waals surface area (Å²) < 4.78 is 0. The van der Waals surface area contributed by atoms with E-state index in [2.05, 4.69) is 0 Å². The van der Waals surface area contributed by atoms with E-state index in [1.54, 1.807) is 0 Å². The summed E-state index contributed by atoms with van der Waals surface area (Å²) in [5.41, 5.74) is 0. The van der Waals surface area contributed by atoms with Crippen LogP contribution in [-0.2, 0) is 0 Å². The number of rotatable bonds is 0. The van der Waals surface area contributed by atoms with Crippen molar-refractivity contribution in [1.29, 1.82) is 5.26 Å². The fourth-order valence-electron chi connectivity index (χ4n) is 0. The normalized spacial score (nSPS) is 0.500. The van der Waals surface area contributed by atoms with Crippen LogP contribution in [0.3, 0.4) is 0 Å². The van der Waals surface area contributed by atoms with Crippen LogP contribution >= 0.6 is 0 Å². The average molecular weight is 193 g/mol. The van der Waals surface area contributed by atoms with Gasteiger partial charge in [-0.25, -0.2) is 0 Å². The molecule has 0 fully saturated rings. The van der Waals surface area contributed by atoms with Crippen LogP contribution in [0.4, 0.5) is 0 Å². The Labute approximate surface area is 84.9 Å². The molecule has 0 unspecified atom stereocenters. The predicted molar refractivity (Wildman–Crippen MR) is 10.7 cm³/mol. The van der Waals surface area contributed by atoms with Gasteiger partial charge in [0.15, 0.2) is 0 Å². The van der Waals surface area contributed by atoms with Gasteiger partial charge in [-0.05, 0) is 0 Å². The number of hydrogen-bond donors (Lipinski definition) is 0. The third-order valence-corrected chi connectivity index (χ3v) is 0. The summed E-state index contributed by atoms with van der Waals surface area (Å²) in [7, 11) is 0. The van der Waals surface area contributed by atoms with Gasteiger partial charge in [-0.15, -0.1) is 0 Å². The number of nitrogens with zero attached hydrogens (tertiary/aromatic N) is 1. The Hall–Kier alpha value is 1.92. The van der Waals surface area contributed by atoms with Gasteiger partial charge in [0.2, 0.25) is 0 Å². The topological polar surface area (TPSA) is 23.8 Å². The van der Waals surface area contributed by atoms with E-state index in [0.717, 1.165) is 0 Å². The van der Waals surface area contributed by atoms with E-state index in [0.29, 0.717) is 0 Å². The molecule has 3 heteroatoms. The molecule has 0 aliphatic heterocycles. The summed E-state index contributed by atoms with van der Waals surface area (Å²) in [4.78, 5) is 0. The Balaban J connectivity index is -0.00000000500. The fraction of sp³-hybridized carbons (Fsp3) is 0. The summed E-state index contributed by atoms with van der Waals surface area (Å²) >= 11 is 0. The van der Waals surface area contributed by atoms with E-state index in [1.807, 2.05) is 0 Å². The summed E-state index contributed by atoms with van der Waals surface area (Å²) in [5, 5.41) is 6.25. The molecule has 0 rings (SSSR count). The van der Waals surface area contributed by atoms with Crippen molar-refractivity contribution < 1.29 is 51.4 Å². The van der Waals surface area contributed by atoms with Crippen LogP contribution in [0.1, 0.15) is 0 Å². The molecule has 0 heterocycles. The smallest absolute Gasteiger partial charge is 1.00 e. The minimum atomic E-state index is 0. The molecule has 0 atom stereocenters. The van der Waals surface area contributed by atoms with Crippen LogP contribution in [0.15, 0.2) is 0 Å². The van der Waals surface area contributed by atoms with Gasteiger partial charge in [0.1, 0.15) is 0 Å². The third kappa shape index (κ3) is 9.07. The Bertz CT molecular complexity index is 12.8. The first-order chi connectivity index (χ1) is 1.00. The van der Waals surface area contributed by atoms with Gasteiger partial charge in [-0.2, -0.15) is 0 Å². The molecule has 0 spiro atoms. The molecule has 0 bridgehead atoms. The van der Waals surface area contributed by atoms with Crippen molar-refractivity contribution >= 4 is 23.7 Å². The molecule has 0 aliphatic carbocycles. The van der Waals surface area contributed by atoms with E-state index in [-0.39, 0.29) is 75.1 Å². The van der Waals surface area contributed by atoms with Crippen molar-refractivity contribution in [1.82, 2.24) is 0 Å². The minimum absolute atomic E-state index is 0. The second kappa shape index (κ2) is 20.5. The summed E-state index contributed by atoms with van der Waals surface area (Å²) in [5.74, 6) is 0. The summed E-state index contributed by atoms with van der Waals surface area (Å²) in [6.45, 7) is 4.75. The summed E-state index contributed by atoms with van der Waals surface area (Å²) in [6.07, 6.45) is 0. The molecule has 0 N–H and O–H groups in total. The first kappa shape index (κ1) is 16.8. The van der Waals surface area contributed by atoms with Gasteiger partial charge < -0.3 is 35.5 Å². The van der Waals surface area contributed by atoms with E-state index < -0.39 is 0 Å². The van der Waals surface area contributed by atoms with Gasteiger partial charge in [-0.3, -0.25) is 0 Å². The maximum absolute atomic E-state index is 6.25. The van der Waals surface area contributed by atoms with E-state index >= 15 is 0 Å². The molecule has 4 heavy (non-hydrogen) atoms. The second-order valence-corrected chi connectivity index (χ2v) is 0. The van der Waals surface area contributed by atoms with Gasteiger partial charge in [-0.1, -0.05) is 0 Å². The molecule has 1 nitrogen and oxygen atoms in total. The van der Waals surface area contributed by atoms with Crippen molar-refractivity contribution in [2.75, 3.05) is 0 Å². The molecule has 0 aromatic rings. The molecule has 18 valence electrons. The van der Waals surface area contributed by atoms with E-state index in [1.165, 1.54) is 0 Å². The maximum Gasteiger partial charge on any atom is 1.00 e. The van der Waals surface area contributed by atoms with Crippen LogP contribution in [-0.4, -0.2) is 23.7 Å². The van der Waals surface area contributed by atoms with Gasteiger partial charge >= 0.3 is 51.4 Å². The minimum Gasteiger partial charge on any atom is -2.00 e. The van der Waals surface area contributed by atoms with Crippen LogP contribution in [0.25, 0.3) is 0 Å². The van der Waals surface area contributed by atoms with Gasteiger partial charge in [0.05, 0.1) is 0 Å². The van der Waals surface area contributed by atoms with Crippen LogP contribution in [0.2, 0.25) is 0 Å². The van der Waals surface area contributed by atoms with Gasteiger partial charge in [0.25, 0.3) is 0 Å². The monoisotopic (exact) mass is 195 g/mol. The van der Waals surface area contributed by atoms with Crippen LogP contribution in [0, 0.1) is 11.8 Å². The average Bonchev–Trinajstić information content (AvgIpc) is 1.00. The molecule has 0 saturated carbocycles. The predicted octanol–water partition coefficient (Wildman–Crippen LogP) is -3.28. The van der Waals surface area contributed by atoms with Gasteiger partial charge in [0, 0.05) is 0 Å². The fourth-order valence-corrected chi connectivity index (χ4v) is 0. The zero-order valence-electron chi connectivity index (χ0n) is 2.36. The van der Waals surface area contributed by atoms with Crippen molar-refractivity contribution in [3.05, 3.63) is 6.57 Å². The Morgan fingerprint density at radius 1 is 1.25 bits per heavy atom. The van der Waals surface area contributed by atoms with Crippen LogP contribution < -0.4 is 51.4 Å². The van der Waals surface area contributed by atoms with Crippen LogP contribution in [0.5, 0.6) is 0 Å². The Morgan fingerprint density at radius 3 is 1.25 bits per heavy atom. The third-order valence-electron chi connectivity index (χ3n) is 0. The summed E-state index contributed by atoms with van der Waals surface area (Å²) in [6, 6.07) is 0. The molecular formula is CKNTe-2. The largest absolute Gasteiger partial charge is 2.00 e. The molecular weight excluding hydrogens is 193 g/mol. The molecule has 0 amide bonds. The molecule has 0 aromatic heterocycles.